The molecule has 0 spiro atoms. The second-order valence-corrected chi connectivity index (χ2v) is 7.50. The van der Waals surface area contributed by atoms with Crippen LogP contribution in [0.25, 0.3) is 11.0 Å². The van der Waals surface area contributed by atoms with E-state index in [1.165, 1.54) is 11.1 Å². The summed E-state index contributed by atoms with van der Waals surface area (Å²) in [4.78, 5) is 9.65. The van der Waals surface area contributed by atoms with E-state index in [1.54, 1.807) is 0 Å². The van der Waals surface area contributed by atoms with Crippen LogP contribution in [0.15, 0.2) is 30.3 Å². The summed E-state index contributed by atoms with van der Waals surface area (Å²) >= 11 is 1.89. The first-order valence-electron chi connectivity index (χ1n) is 9.23. The van der Waals surface area contributed by atoms with E-state index < -0.39 is 0 Å². The van der Waals surface area contributed by atoms with E-state index in [4.69, 9.17) is 14.7 Å². The fourth-order valence-electron chi connectivity index (χ4n) is 3.18. The van der Waals surface area contributed by atoms with E-state index in [9.17, 15) is 0 Å². The third-order valence-corrected chi connectivity index (χ3v) is 5.27. The maximum atomic E-state index is 6.11. The summed E-state index contributed by atoms with van der Waals surface area (Å²) in [5, 5.41) is 0. The van der Waals surface area contributed by atoms with Crippen molar-refractivity contribution in [2.45, 2.75) is 46.6 Å². The van der Waals surface area contributed by atoms with Gasteiger partial charge in [-0.2, -0.15) is 11.8 Å². The Balaban J connectivity index is 2.11. The van der Waals surface area contributed by atoms with Crippen LogP contribution < -0.4 is 4.74 Å². The molecule has 3 aromatic rings. The number of fused-ring (bicyclic) bond motifs is 1. The topological polar surface area (TPSA) is 39.9 Å². The van der Waals surface area contributed by atoms with Crippen molar-refractivity contribution >= 4 is 22.8 Å². The lowest BCUT2D eigenvalue weighted by Crippen LogP contribution is -2.06. The Bertz CT molecular complexity index is 874. The highest BCUT2D eigenvalue weighted by Gasteiger charge is 2.19. The smallest absolute Gasteiger partial charge is 0.247 e. The molecule has 1 aromatic carbocycles. The van der Waals surface area contributed by atoms with Gasteiger partial charge in [0.25, 0.3) is 0 Å². The fourth-order valence-corrected chi connectivity index (χ4v) is 3.60. The van der Waals surface area contributed by atoms with Crippen molar-refractivity contribution in [2.75, 3.05) is 12.0 Å². The summed E-state index contributed by atoms with van der Waals surface area (Å²) < 4.78 is 8.49. The van der Waals surface area contributed by atoms with Crippen LogP contribution in [0.3, 0.4) is 0 Å². The van der Waals surface area contributed by atoms with Crippen molar-refractivity contribution in [2.24, 2.45) is 0 Å². The zero-order valence-corrected chi connectivity index (χ0v) is 16.9. The highest BCUT2D eigenvalue weighted by atomic mass is 32.2. The van der Waals surface area contributed by atoms with E-state index in [0.29, 0.717) is 5.88 Å². The first-order chi connectivity index (χ1) is 12.7. The number of pyridine rings is 1. The lowest BCUT2D eigenvalue weighted by atomic mass is 10.2. The molecule has 26 heavy (non-hydrogen) atoms. The van der Waals surface area contributed by atoms with Crippen molar-refractivity contribution in [1.82, 2.24) is 14.5 Å². The Morgan fingerprint density at radius 3 is 2.58 bits per heavy atom. The molecule has 2 heterocycles. The van der Waals surface area contributed by atoms with Gasteiger partial charge in [0.1, 0.15) is 11.6 Å². The van der Waals surface area contributed by atoms with Gasteiger partial charge in [-0.15, -0.1) is 0 Å². The van der Waals surface area contributed by atoms with E-state index in [-0.39, 0.29) is 0 Å². The van der Waals surface area contributed by atoms with Crippen molar-refractivity contribution in [3.05, 3.63) is 47.4 Å². The number of aromatic nitrogens is 3. The number of hydrogen-bond acceptors (Lipinski definition) is 4. The molecule has 0 aliphatic carbocycles. The van der Waals surface area contributed by atoms with Crippen LogP contribution in [0.2, 0.25) is 0 Å². The van der Waals surface area contributed by atoms with E-state index in [1.807, 2.05) is 49.0 Å². The standard InChI is InChI=1S/C21H27N3OS/c1-5-10-18-23-19-20(24(18)13-9-14-26-4)15(2)16(3)22-21(19)25-17-11-7-6-8-12-17/h6-8,11-12H,5,9-10,13-14H2,1-4H3. The van der Waals surface area contributed by atoms with Gasteiger partial charge in [0.2, 0.25) is 5.88 Å². The summed E-state index contributed by atoms with van der Waals surface area (Å²) in [6.07, 6.45) is 5.34. The lowest BCUT2D eigenvalue weighted by molar-refractivity contribution is 0.466. The van der Waals surface area contributed by atoms with E-state index in [2.05, 4.69) is 24.7 Å². The average molecular weight is 370 g/mol. The van der Waals surface area contributed by atoms with Gasteiger partial charge in [-0.05, 0) is 56.4 Å². The molecule has 0 unspecified atom stereocenters. The molecule has 5 heteroatoms. The van der Waals surface area contributed by atoms with E-state index >= 15 is 0 Å². The number of benzene rings is 1. The molecular weight excluding hydrogens is 342 g/mol. The zero-order valence-electron chi connectivity index (χ0n) is 16.1. The normalized spacial score (nSPS) is 11.2. The predicted molar refractivity (Wildman–Crippen MR) is 111 cm³/mol. The summed E-state index contributed by atoms with van der Waals surface area (Å²) in [7, 11) is 0. The van der Waals surface area contributed by atoms with Crippen LogP contribution in [0.1, 0.15) is 36.8 Å². The maximum Gasteiger partial charge on any atom is 0.247 e. The van der Waals surface area contributed by atoms with Crippen LogP contribution >= 0.6 is 11.8 Å². The van der Waals surface area contributed by atoms with Gasteiger partial charge < -0.3 is 9.30 Å². The summed E-state index contributed by atoms with van der Waals surface area (Å²) in [5.41, 5.74) is 4.24. The Morgan fingerprint density at radius 2 is 1.88 bits per heavy atom. The number of thioether (sulfide) groups is 1. The Labute approximate surface area is 160 Å². The second kappa shape index (κ2) is 8.58. The number of ether oxygens (including phenoxy) is 1. The summed E-state index contributed by atoms with van der Waals surface area (Å²) in [6.45, 7) is 7.37. The number of hydrogen-bond donors (Lipinski definition) is 0. The van der Waals surface area contributed by atoms with Gasteiger partial charge in [-0.3, -0.25) is 0 Å². The molecule has 0 saturated carbocycles. The molecular formula is C21H27N3OS. The van der Waals surface area contributed by atoms with Crippen LogP contribution in [-0.4, -0.2) is 26.5 Å². The van der Waals surface area contributed by atoms with Crippen molar-refractivity contribution in [3.63, 3.8) is 0 Å². The lowest BCUT2D eigenvalue weighted by Gasteiger charge is -2.12. The molecule has 3 rings (SSSR count). The SMILES string of the molecule is CCCc1nc2c(Oc3ccccc3)nc(C)c(C)c2n1CCCSC. The number of rotatable bonds is 8. The Kier molecular flexibility index (Phi) is 6.20. The maximum absolute atomic E-state index is 6.11. The zero-order chi connectivity index (χ0) is 18.5. The van der Waals surface area contributed by atoms with E-state index in [0.717, 1.165) is 54.3 Å². The third kappa shape index (κ3) is 3.88. The number of nitrogens with zero attached hydrogens (tertiary/aromatic N) is 3. The molecule has 0 aliphatic rings. The monoisotopic (exact) mass is 369 g/mol. The number of para-hydroxylation sites is 1. The predicted octanol–water partition coefficient (Wildman–Crippen LogP) is 5.55. The molecule has 0 saturated heterocycles. The van der Waals surface area contributed by atoms with Gasteiger partial charge in [0.05, 0.1) is 5.52 Å². The molecule has 0 radical (unpaired) electrons. The molecule has 0 aliphatic heterocycles. The van der Waals surface area contributed by atoms with Crippen molar-refractivity contribution in [3.8, 4) is 11.6 Å². The quantitative estimate of drug-likeness (QED) is 0.488. The fraction of sp³-hybridized carbons (Fsp3) is 0.429. The van der Waals surface area contributed by atoms with Gasteiger partial charge in [0, 0.05) is 18.7 Å². The van der Waals surface area contributed by atoms with Crippen LogP contribution in [0.4, 0.5) is 0 Å². The molecule has 0 bridgehead atoms. The van der Waals surface area contributed by atoms with Crippen LogP contribution in [0, 0.1) is 13.8 Å². The minimum Gasteiger partial charge on any atom is -0.437 e. The summed E-state index contributed by atoms with van der Waals surface area (Å²) in [5.74, 6) is 3.69. The largest absolute Gasteiger partial charge is 0.437 e. The number of aryl methyl sites for hydroxylation is 4. The first-order valence-corrected chi connectivity index (χ1v) is 10.6. The molecule has 0 fully saturated rings. The Morgan fingerprint density at radius 1 is 1.12 bits per heavy atom. The van der Waals surface area contributed by atoms with Gasteiger partial charge in [-0.1, -0.05) is 25.1 Å². The van der Waals surface area contributed by atoms with Gasteiger partial charge >= 0.3 is 0 Å². The molecule has 4 nitrogen and oxygen atoms in total. The second-order valence-electron chi connectivity index (χ2n) is 6.52. The number of imidazole rings is 1. The molecule has 0 amide bonds. The summed E-state index contributed by atoms with van der Waals surface area (Å²) in [6, 6.07) is 9.82. The third-order valence-electron chi connectivity index (χ3n) is 4.58. The molecule has 2 aromatic heterocycles. The molecule has 0 N–H and O–H groups in total. The van der Waals surface area contributed by atoms with Gasteiger partial charge in [-0.25, -0.2) is 9.97 Å². The van der Waals surface area contributed by atoms with Crippen molar-refractivity contribution < 1.29 is 4.74 Å². The average Bonchev–Trinajstić information content (AvgIpc) is 3.00. The highest BCUT2D eigenvalue weighted by Crippen LogP contribution is 2.32. The highest BCUT2D eigenvalue weighted by molar-refractivity contribution is 7.98. The van der Waals surface area contributed by atoms with Crippen LogP contribution in [-0.2, 0) is 13.0 Å². The minimum absolute atomic E-state index is 0.607. The molecule has 0 atom stereocenters. The Hall–Kier alpha value is -2.01. The van der Waals surface area contributed by atoms with Gasteiger partial charge in [0.15, 0.2) is 5.52 Å². The van der Waals surface area contributed by atoms with Crippen molar-refractivity contribution in [1.29, 1.82) is 0 Å². The molecule has 138 valence electrons. The first kappa shape index (κ1) is 18.8. The minimum atomic E-state index is 0.607. The van der Waals surface area contributed by atoms with Crippen LogP contribution in [0.5, 0.6) is 11.6 Å².